The molecule has 2 rings (SSSR count). The number of aromatic amines is 1. The third kappa shape index (κ3) is 1.20. The summed E-state index contributed by atoms with van der Waals surface area (Å²) >= 11 is 0. The lowest BCUT2D eigenvalue weighted by atomic mass is 10.2. The van der Waals surface area contributed by atoms with Crippen LogP contribution in [0.5, 0.6) is 0 Å². The standard InChI is InChI=1S/C8H5F2N3O/c9-3-1-4-6(5(10)2-3)12-8(11)13-7(4)14/h1-2H,(H3,11,12,13,14). The van der Waals surface area contributed by atoms with Crippen molar-refractivity contribution in [2.45, 2.75) is 0 Å². The molecule has 1 aromatic heterocycles. The molecule has 72 valence electrons. The largest absolute Gasteiger partial charge is 0.369 e. The molecule has 0 saturated heterocycles. The van der Waals surface area contributed by atoms with Crippen molar-refractivity contribution < 1.29 is 8.78 Å². The number of fused-ring (bicyclic) bond motifs is 1. The Balaban J connectivity index is 3.02. The van der Waals surface area contributed by atoms with Gasteiger partial charge in [-0.05, 0) is 6.07 Å². The molecule has 0 radical (unpaired) electrons. The van der Waals surface area contributed by atoms with Crippen LogP contribution in [0.1, 0.15) is 0 Å². The van der Waals surface area contributed by atoms with Gasteiger partial charge >= 0.3 is 0 Å². The van der Waals surface area contributed by atoms with Crippen molar-refractivity contribution in [2.75, 3.05) is 5.73 Å². The molecule has 0 amide bonds. The number of nitrogens with two attached hydrogens (primary N) is 1. The number of rotatable bonds is 0. The SMILES string of the molecule is Nc1nc2c(F)cc(F)cc2c(=O)[nH]1. The van der Waals surface area contributed by atoms with E-state index in [1.807, 2.05) is 0 Å². The Morgan fingerprint density at radius 1 is 1.36 bits per heavy atom. The van der Waals surface area contributed by atoms with Crippen molar-refractivity contribution in [3.8, 4) is 0 Å². The number of nitrogens with one attached hydrogen (secondary N) is 1. The summed E-state index contributed by atoms with van der Waals surface area (Å²) in [5.74, 6) is -1.93. The molecule has 1 aromatic carbocycles. The van der Waals surface area contributed by atoms with E-state index in [1.165, 1.54) is 0 Å². The number of benzene rings is 1. The molecule has 0 unspecified atom stereocenters. The fourth-order valence-corrected chi connectivity index (χ4v) is 1.18. The lowest BCUT2D eigenvalue weighted by Gasteiger charge is -1.99. The second kappa shape index (κ2) is 2.76. The lowest BCUT2D eigenvalue weighted by molar-refractivity contribution is 0.590. The quantitative estimate of drug-likeness (QED) is 0.655. The van der Waals surface area contributed by atoms with Gasteiger partial charge in [-0.3, -0.25) is 9.78 Å². The van der Waals surface area contributed by atoms with Crippen LogP contribution in [-0.2, 0) is 0 Å². The monoisotopic (exact) mass is 197 g/mol. The second-order valence-electron chi connectivity index (χ2n) is 2.73. The Labute approximate surface area is 76.4 Å². The predicted octanol–water partition coefficient (Wildman–Crippen LogP) is 0.784. The minimum absolute atomic E-state index is 0.156. The molecule has 0 bridgehead atoms. The number of anilines is 1. The third-order valence-electron chi connectivity index (χ3n) is 1.75. The third-order valence-corrected chi connectivity index (χ3v) is 1.75. The zero-order valence-electron chi connectivity index (χ0n) is 6.84. The number of hydrogen-bond donors (Lipinski definition) is 2. The van der Waals surface area contributed by atoms with Crippen LogP contribution in [-0.4, -0.2) is 9.97 Å². The molecule has 1 heterocycles. The van der Waals surface area contributed by atoms with Crippen LogP contribution in [0.15, 0.2) is 16.9 Å². The molecule has 4 nitrogen and oxygen atoms in total. The molecule has 6 heteroatoms. The fourth-order valence-electron chi connectivity index (χ4n) is 1.18. The first kappa shape index (κ1) is 8.61. The number of hydrogen-bond acceptors (Lipinski definition) is 3. The molecule has 3 N–H and O–H groups in total. The highest BCUT2D eigenvalue weighted by atomic mass is 19.1. The minimum Gasteiger partial charge on any atom is -0.369 e. The van der Waals surface area contributed by atoms with Gasteiger partial charge in [0.1, 0.15) is 11.3 Å². The van der Waals surface area contributed by atoms with Gasteiger partial charge in [-0.2, -0.15) is 0 Å². The summed E-state index contributed by atoms with van der Waals surface area (Å²) in [6.45, 7) is 0. The number of nitrogens with zero attached hydrogens (tertiary/aromatic N) is 1. The van der Waals surface area contributed by atoms with E-state index in [2.05, 4.69) is 9.97 Å². The van der Waals surface area contributed by atoms with Crippen LogP contribution in [0.25, 0.3) is 10.9 Å². The Morgan fingerprint density at radius 3 is 2.79 bits per heavy atom. The van der Waals surface area contributed by atoms with Crippen molar-refractivity contribution >= 4 is 16.9 Å². The van der Waals surface area contributed by atoms with E-state index < -0.39 is 17.2 Å². The van der Waals surface area contributed by atoms with E-state index in [9.17, 15) is 13.6 Å². The van der Waals surface area contributed by atoms with Crippen LogP contribution in [0, 0.1) is 11.6 Å². The summed E-state index contributed by atoms with van der Waals surface area (Å²) in [4.78, 5) is 16.9. The number of halogens is 2. The molecule has 14 heavy (non-hydrogen) atoms. The fraction of sp³-hybridized carbons (Fsp3) is 0. The topological polar surface area (TPSA) is 71.8 Å². The first-order valence-electron chi connectivity index (χ1n) is 3.72. The van der Waals surface area contributed by atoms with Crippen LogP contribution in [0.4, 0.5) is 14.7 Å². The van der Waals surface area contributed by atoms with Gasteiger partial charge in [-0.15, -0.1) is 0 Å². The van der Waals surface area contributed by atoms with Gasteiger partial charge in [-0.1, -0.05) is 0 Å². The molecule has 0 atom stereocenters. The summed E-state index contributed by atoms with van der Waals surface area (Å²) in [5.41, 5.74) is 4.31. The highest BCUT2D eigenvalue weighted by molar-refractivity contribution is 5.78. The van der Waals surface area contributed by atoms with Crippen LogP contribution in [0.2, 0.25) is 0 Å². The van der Waals surface area contributed by atoms with E-state index in [-0.39, 0.29) is 16.9 Å². The first-order chi connectivity index (χ1) is 6.58. The molecule has 0 fully saturated rings. The smallest absolute Gasteiger partial charge is 0.260 e. The van der Waals surface area contributed by atoms with Crippen molar-refractivity contribution in [1.29, 1.82) is 0 Å². The van der Waals surface area contributed by atoms with Crippen molar-refractivity contribution in [3.05, 3.63) is 34.1 Å². The molecule has 0 spiro atoms. The van der Waals surface area contributed by atoms with E-state index in [0.29, 0.717) is 6.07 Å². The van der Waals surface area contributed by atoms with Gasteiger partial charge in [0.05, 0.1) is 5.39 Å². The van der Waals surface area contributed by atoms with E-state index in [4.69, 9.17) is 5.73 Å². The number of H-pyrrole nitrogens is 1. The van der Waals surface area contributed by atoms with E-state index in [1.54, 1.807) is 0 Å². The molecule has 2 aromatic rings. The summed E-state index contributed by atoms with van der Waals surface area (Å²) in [6, 6.07) is 1.55. The highest BCUT2D eigenvalue weighted by Crippen LogP contribution is 2.14. The van der Waals surface area contributed by atoms with Crippen LogP contribution >= 0.6 is 0 Å². The Morgan fingerprint density at radius 2 is 2.07 bits per heavy atom. The van der Waals surface area contributed by atoms with Gasteiger partial charge in [0, 0.05) is 6.07 Å². The van der Waals surface area contributed by atoms with E-state index in [0.717, 1.165) is 6.07 Å². The maximum Gasteiger partial charge on any atom is 0.260 e. The van der Waals surface area contributed by atoms with Crippen molar-refractivity contribution in [1.82, 2.24) is 9.97 Å². The van der Waals surface area contributed by atoms with Gasteiger partial charge in [0.2, 0.25) is 5.95 Å². The molecule has 0 saturated carbocycles. The normalized spacial score (nSPS) is 10.7. The second-order valence-corrected chi connectivity index (χ2v) is 2.73. The average Bonchev–Trinajstić information content (AvgIpc) is 2.07. The zero-order chi connectivity index (χ0) is 10.3. The van der Waals surface area contributed by atoms with Gasteiger partial charge < -0.3 is 5.73 Å². The minimum atomic E-state index is -0.905. The molecule has 0 aliphatic heterocycles. The van der Waals surface area contributed by atoms with Crippen molar-refractivity contribution in [3.63, 3.8) is 0 Å². The summed E-state index contributed by atoms with van der Waals surface area (Å²) in [7, 11) is 0. The Kier molecular flexibility index (Phi) is 1.70. The maximum atomic E-state index is 13.1. The summed E-state index contributed by atoms with van der Waals surface area (Å²) < 4.78 is 25.8. The summed E-state index contributed by atoms with van der Waals surface area (Å²) in [6.07, 6.45) is 0. The predicted molar refractivity (Wildman–Crippen MR) is 46.7 cm³/mol. The lowest BCUT2D eigenvalue weighted by Crippen LogP contribution is -2.12. The maximum absolute atomic E-state index is 13.1. The summed E-state index contributed by atoms with van der Waals surface area (Å²) in [5, 5.41) is -0.156. The molecular weight excluding hydrogens is 192 g/mol. The van der Waals surface area contributed by atoms with Gasteiger partial charge in [0.15, 0.2) is 5.82 Å². The van der Waals surface area contributed by atoms with Crippen molar-refractivity contribution in [2.24, 2.45) is 0 Å². The average molecular weight is 197 g/mol. The van der Waals surface area contributed by atoms with E-state index >= 15 is 0 Å². The molecular formula is C8H5F2N3O. The van der Waals surface area contributed by atoms with Crippen LogP contribution < -0.4 is 11.3 Å². The first-order valence-corrected chi connectivity index (χ1v) is 3.72. The number of nitrogen functional groups attached to an aromatic ring is 1. The highest BCUT2D eigenvalue weighted by Gasteiger charge is 2.08. The number of aromatic nitrogens is 2. The van der Waals surface area contributed by atoms with Crippen LogP contribution in [0.3, 0.4) is 0 Å². The van der Waals surface area contributed by atoms with Gasteiger partial charge in [-0.25, -0.2) is 13.8 Å². The molecule has 0 aliphatic rings. The molecule has 0 aliphatic carbocycles. The Hall–Kier alpha value is -1.98. The Bertz CT molecular complexity index is 564. The van der Waals surface area contributed by atoms with Gasteiger partial charge in [0.25, 0.3) is 5.56 Å². The zero-order valence-corrected chi connectivity index (χ0v) is 6.84.